The third kappa shape index (κ3) is 1.69. The van der Waals surface area contributed by atoms with Crippen LogP contribution in [0.5, 0.6) is 5.75 Å². The number of pyridine rings is 1. The standard InChI is InChI=1S/C11H8NO5/c1-17-6-2-3-7-9(4-6)12(16)5-8(10(7)13)11(14)15/h2-5H,1H3,(H,14,15)/q-1. The van der Waals surface area contributed by atoms with Crippen molar-refractivity contribution in [3.8, 4) is 5.75 Å². The zero-order valence-corrected chi connectivity index (χ0v) is 8.84. The van der Waals surface area contributed by atoms with E-state index in [0.29, 0.717) is 10.5 Å². The van der Waals surface area contributed by atoms with Crippen LogP contribution in [-0.2, 0) is 0 Å². The van der Waals surface area contributed by atoms with Gasteiger partial charge in [-0.3, -0.25) is 4.79 Å². The molecule has 0 radical (unpaired) electrons. The average molecular weight is 234 g/mol. The number of carboxylic acids is 1. The second-order valence-electron chi connectivity index (χ2n) is 3.39. The summed E-state index contributed by atoms with van der Waals surface area (Å²) in [7, 11) is 1.43. The van der Waals surface area contributed by atoms with E-state index in [4.69, 9.17) is 9.84 Å². The predicted octanol–water partition coefficient (Wildman–Crippen LogP) is 1.05. The molecule has 0 aliphatic rings. The summed E-state index contributed by atoms with van der Waals surface area (Å²) in [6, 6.07) is 4.25. The fourth-order valence-corrected chi connectivity index (χ4v) is 1.56. The Hall–Kier alpha value is -2.50. The van der Waals surface area contributed by atoms with E-state index in [0.717, 1.165) is 6.20 Å². The summed E-state index contributed by atoms with van der Waals surface area (Å²) >= 11 is 0. The normalized spacial score (nSPS) is 10.4. The second-order valence-corrected chi connectivity index (χ2v) is 3.39. The maximum absolute atomic E-state index is 11.7. The highest BCUT2D eigenvalue weighted by Crippen LogP contribution is 2.18. The van der Waals surface area contributed by atoms with E-state index in [9.17, 15) is 14.8 Å². The van der Waals surface area contributed by atoms with Gasteiger partial charge < -0.3 is 19.8 Å². The van der Waals surface area contributed by atoms with E-state index in [-0.39, 0.29) is 10.9 Å². The van der Waals surface area contributed by atoms with Crippen molar-refractivity contribution in [1.82, 2.24) is 4.73 Å². The Kier molecular flexibility index (Phi) is 2.47. The van der Waals surface area contributed by atoms with Gasteiger partial charge in [0.15, 0.2) is 0 Å². The molecule has 2 aromatic rings. The van der Waals surface area contributed by atoms with Crippen molar-refractivity contribution in [2.75, 3.05) is 7.11 Å². The molecule has 0 aliphatic carbocycles. The zero-order valence-electron chi connectivity index (χ0n) is 8.84. The number of ether oxygens (including phenoxy) is 1. The van der Waals surface area contributed by atoms with Crippen molar-refractivity contribution in [3.63, 3.8) is 0 Å². The van der Waals surface area contributed by atoms with Crippen LogP contribution >= 0.6 is 0 Å². The molecule has 0 aliphatic heterocycles. The van der Waals surface area contributed by atoms with Crippen molar-refractivity contribution >= 4 is 16.9 Å². The fraction of sp³-hybridized carbons (Fsp3) is 0.0909. The lowest BCUT2D eigenvalue weighted by Gasteiger charge is -2.15. The number of methoxy groups -OCH3 is 1. The van der Waals surface area contributed by atoms with Crippen LogP contribution in [0.25, 0.3) is 10.9 Å². The van der Waals surface area contributed by atoms with Crippen LogP contribution in [-0.4, -0.2) is 22.9 Å². The molecule has 1 heterocycles. The molecule has 0 atom stereocenters. The van der Waals surface area contributed by atoms with Crippen molar-refractivity contribution in [1.29, 1.82) is 0 Å². The van der Waals surface area contributed by atoms with Crippen LogP contribution in [0.2, 0.25) is 0 Å². The second kappa shape index (κ2) is 3.82. The van der Waals surface area contributed by atoms with E-state index in [1.165, 1.54) is 25.3 Å². The lowest BCUT2D eigenvalue weighted by atomic mass is 10.1. The van der Waals surface area contributed by atoms with Gasteiger partial charge in [0.2, 0.25) is 5.43 Å². The Labute approximate surface area is 95.3 Å². The van der Waals surface area contributed by atoms with Crippen LogP contribution < -0.4 is 10.2 Å². The highest BCUT2D eigenvalue weighted by atomic mass is 16.5. The predicted molar refractivity (Wildman–Crippen MR) is 60.5 cm³/mol. The Balaban J connectivity index is 2.87. The molecule has 1 aromatic heterocycles. The number of rotatable bonds is 2. The maximum Gasteiger partial charge on any atom is 0.341 e. The number of hydrogen-bond donors (Lipinski definition) is 1. The molecule has 0 unspecified atom stereocenters. The van der Waals surface area contributed by atoms with Gasteiger partial charge >= 0.3 is 5.97 Å². The molecule has 2 rings (SSSR count). The Morgan fingerprint density at radius 3 is 2.76 bits per heavy atom. The monoisotopic (exact) mass is 234 g/mol. The van der Waals surface area contributed by atoms with Gasteiger partial charge in [0.1, 0.15) is 11.3 Å². The fourth-order valence-electron chi connectivity index (χ4n) is 1.56. The Bertz CT molecular complexity index is 659. The summed E-state index contributed by atoms with van der Waals surface area (Å²) in [5.74, 6) is -0.998. The molecule has 88 valence electrons. The minimum atomic E-state index is -1.42. The smallest absolute Gasteiger partial charge is 0.341 e. The van der Waals surface area contributed by atoms with E-state index in [1.807, 2.05) is 0 Å². The molecule has 1 aromatic carbocycles. The highest BCUT2D eigenvalue weighted by molar-refractivity contribution is 5.93. The Morgan fingerprint density at radius 1 is 1.47 bits per heavy atom. The van der Waals surface area contributed by atoms with Gasteiger partial charge in [-0.15, -0.1) is 0 Å². The molecule has 0 bridgehead atoms. The number of hydrogen-bond acceptors (Lipinski definition) is 4. The van der Waals surface area contributed by atoms with Crippen LogP contribution in [0, 0.1) is 5.21 Å². The van der Waals surface area contributed by atoms with Gasteiger partial charge in [-0.05, 0) is 12.1 Å². The van der Waals surface area contributed by atoms with Crippen LogP contribution in [0.4, 0.5) is 0 Å². The molecule has 0 saturated heterocycles. The first-order valence-corrected chi connectivity index (χ1v) is 4.69. The lowest BCUT2D eigenvalue weighted by Crippen LogP contribution is -2.17. The van der Waals surface area contributed by atoms with Crippen molar-refractivity contribution in [2.45, 2.75) is 0 Å². The number of aromatic carboxylic acids is 1. The molecule has 0 saturated carbocycles. The van der Waals surface area contributed by atoms with E-state index >= 15 is 0 Å². The molecule has 6 nitrogen and oxygen atoms in total. The maximum atomic E-state index is 11.7. The van der Waals surface area contributed by atoms with Crippen LogP contribution in [0.3, 0.4) is 0 Å². The summed E-state index contributed by atoms with van der Waals surface area (Å²) in [5.41, 5.74) is -1.14. The van der Waals surface area contributed by atoms with Crippen molar-refractivity contribution < 1.29 is 14.6 Å². The number of fused-ring (bicyclic) bond motifs is 1. The van der Waals surface area contributed by atoms with Gasteiger partial charge in [-0.1, -0.05) is 0 Å². The molecule has 17 heavy (non-hydrogen) atoms. The third-order valence-electron chi connectivity index (χ3n) is 2.41. The largest absolute Gasteiger partial charge is 0.806 e. The number of carbonyl (C=O) groups is 1. The molecule has 6 heteroatoms. The van der Waals surface area contributed by atoms with Gasteiger partial charge in [0.05, 0.1) is 12.6 Å². The van der Waals surface area contributed by atoms with Gasteiger partial charge in [0, 0.05) is 17.6 Å². The van der Waals surface area contributed by atoms with Gasteiger partial charge in [-0.25, -0.2) is 4.79 Å². The molecule has 1 N–H and O–H groups in total. The molecule has 0 fully saturated rings. The average Bonchev–Trinajstić information content (AvgIpc) is 2.32. The van der Waals surface area contributed by atoms with E-state index < -0.39 is 17.0 Å². The van der Waals surface area contributed by atoms with E-state index in [2.05, 4.69) is 0 Å². The number of carboxylic acid groups (broad SMARTS) is 1. The van der Waals surface area contributed by atoms with Gasteiger partial charge in [-0.2, -0.15) is 0 Å². The van der Waals surface area contributed by atoms with Crippen molar-refractivity contribution in [2.24, 2.45) is 0 Å². The molecule has 0 spiro atoms. The highest BCUT2D eigenvalue weighted by Gasteiger charge is 2.12. The quantitative estimate of drug-likeness (QED) is 0.838. The first kappa shape index (κ1) is 11.0. The minimum absolute atomic E-state index is 0.0562. The summed E-state index contributed by atoms with van der Waals surface area (Å²) < 4.78 is 5.27. The summed E-state index contributed by atoms with van der Waals surface area (Å²) in [5, 5.41) is 20.4. The molecule has 0 amide bonds. The summed E-state index contributed by atoms with van der Waals surface area (Å²) in [6.07, 6.45) is 0.756. The summed E-state index contributed by atoms with van der Waals surface area (Å²) in [4.78, 5) is 22.5. The first-order chi connectivity index (χ1) is 8.04. The third-order valence-corrected chi connectivity index (χ3v) is 2.41. The number of benzene rings is 1. The zero-order chi connectivity index (χ0) is 12.6. The van der Waals surface area contributed by atoms with E-state index in [1.54, 1.807) is 0 Å². The van der Waals surface area contributed by atoms with Crippen LogP contribution in [0.1, 0.15) is 10.4 Å². The SMILES string of the molecule is COc1ccc2c(=O)c(C(=O)O)cn([O-])c2c1. The summed E-state index contributed by atoms with van der Waals surface area (Å²) in [6.45, 7) is 0. The lowest BCUT2D eigenvalue weighted by molar-refractivity contribution is 0.0695. The van der Waals surface area contributed by atoms with Crippen molar-refractivity contribution in [3.05, 3.63) is 45.4 Å². The molecular formula is C11H8NO5-. The van der Waals surface area contributed by atoms with Crippen LogP contribution in [0.15, 0.2) is 29.2 Å². The Morgan fingerprint density at radius 2 is 2.18 bits per heavy atom. The molecular weight excluding hydrogens is 226 g/mol. The van der Waals surface area contributed by atoms with Gasteiger partial charge in [0.25, 0.3) is 0 Å². The number of aromatic nitrogens is 1. The minimum Gasteiger partial charge on any atom is -0.806 e. The topological polar surface area (TPSA) is 91.6 Å². The number of nitrogens with zero attached hydrogens (tertiary/aromatic N) is 1. The first-order valence-electron chi connectivity index (χ1n) is 4.69.